The second-order valence-electron chi connectivity index (χ2n) is 11.6. The number of rotatable bonds is 3. The van der Waals surface area contributed by atoms with Gasteiger partial charge in [0.25, 0.3) is 0 Å². The van der Waals surface area contributed by atoms with Gasteiger partial charge in [0, 0.05) is 6.54 Å². The molecule has 0 N–H and O–H groups in total. The summed E-state index contributed by atoms with van der Waals surface area (Å²) in [6.07, 6.45) is 1.19. The maximum absolute atomic E-state index is 13.7. The van der Waals surface area contributed by atoms with Crippen LogP contribution in [0.3, 0.4) is 0 Å². The highest BCUT2D eigenvalue weighted by molar-refractivity contribution is 6.50. The molecule has 2 fully saturated rings. The van der Waals surface area contributed by atoms with Crippen molar-refractivity contribution in [2.24, 2.45) is 0 Å². The largest absolute Gasteiger partial charge is 0.490 e. The van der Waals surface area contributed by atoms with Crippen LogP contribution in [0.2, 0.25) is 0 Å². The number of nitrogens with zero attached hydrogens (tertiary/aromatic N) is 1. The summed E-state index contributed by atoms with van der Waals surface area (Å²) in [6, 6.07) is 20.7. The molecule has 34 heavy (non-hydrogen) atoms. The molecule has 2 saturated heterocycles. The van der Waals surface area contributed by atoms with Crippen LogP contribution in [0.4, 0.5) is 4.79 Å². The van der Waals surface area contributed by atoms with Gasteiger partial charge in [0.15, 0.2) is 0 Å². The molecule has 5 nitrogen and oxygen atoms in total. The van der Waals surface area contributed by atoms with Gasteiger partial charge in [0.1, 0.15) is 11.0 Å². The first kappa shape index (κ1) is 24.8. The van der Waals surface area contributed by atoms with Crippen LogP contribution >= 0.6 is 0 Å². The van der Waals surface area contributed by atoms with Crippen LogP contribution in [0, 0.1) is 0 Å². The lowest BCUT2D eigenvalue weighted by Crippen LogP contribution is -2.63. The number of ether oxygens (including phenoxy) is 1. The minimum Gasteiger partial charge on any atom is -0.444 e. The van der Waals surface area contributed by atoms with Crippen LogP contribution in [0.5, 0.6) is 0 Å². The summed E-state index contributed by atoms with van der Waals surface area (Å²) in [5, 5.41) is 0. The Morgan fingerprint density at radius 2 is 1.47 bits per heavy atom. The topological polar surface area (TPSA) is 48.0 Å². The fraction of sp³-hybridized carbons (Fsp3) is 0.536. The predicted octanol–water partition coefficient (Wildman–Crippen LogP) is 6.33. The Hall–Kier alpha value is -2.31. The molecular weight excluding hydrogens is 425 g/mol. The van der Waals surface area contributed by atoms with Crippen molar-refractivity contribution >= 4 is 13.2 Å². The van der Waals surface area contributed by atoms with E-state index in [2.05, 4.69) is 64.1 Å². The van der Waals surface area contributed by atoms with Gasteiger partial charge >= 0.3 is 13.2 Å². The standard InChI is InChI=1S/C28H38BNO4/c1-25(2,3)32-24(31)30-19-18-22(21-14-10-8-11-15-21)20-28(30,23-16-12-9-13-17-23)29-33-26(4,5)27(6,7)34-29/h8-17,22H,18-20H2,1-7H3. The molecule has 1 amide bonds. The normalized spacial score (nSPS) is 26.4. The van der Waals surface area contributed by atoms with Crippen LogP contribution in [0.1, 0.15) is 78.4 Å². The van der Waals surface area contributed by atoms with Crippen molar-refractivity contribution in [2.45, 2.75) is 89.5 Å². The van der Waals surface area contributed by atoms with Gasteiger partial charge in [0.2, 0.25) is 0 Å². The van der Waals surface area contributed by atoms with Crippen LogP contribution < -0.4 is 0 Å². The third kappa shape index (κ3) is 4.50. The average Bonchev–Trinajstić information content (AvgIpc) is 3.00. The summed E-state index contributed by atoms with van der Waals surface area (Å²) in [7, 11) is -0.640. The first-order valence-electron chi connectivity index (χ1n) is 12.3. The Labute approximate surface area is 204 Å². The van der Waals surface area contributed by atoms with E-state index in [9.17, 15) is 4.79 Å². The van der Waals surface area contributed by atoms with E-state index >= 15 is 0 Å². The number of hydrogen-bond acceptors (Lipinski definition) is 4. The SMILES string of the molecule is CC(C)(C)OC(=O)N1CCC(c2ccccc2)CC1(B1OC(C)(C)C(C)(C)O1)c1ccccc1. The Kier molecular flexibility index (Phi) is 6.37. The van der Waals surface area contributed by atoms with Gasteiger partial charge in [-0.2, -0.15) is 0 Å². The van der Waals surface area contributed by atoms with E-state index < -0.39 is 29.4 Å². The molecule has 6 heteroatoms. The average molecular weight is 463 g/mol. The minimum atomic E-state index is -0.840. The first-order valence-corrected chi connectivity index (χ1v) is 12.3. The lowest BCUT2D eigenvalue weighted by molar-refractivity contribution is -0.0101. The van der Waals surface area contributed by atoms with Gasteiger partial charge in [-0.15, -0.1) is 0 Å². The lowest BCUT2D eigenvalue weighted by atomic mass is 9.53. The Balaban J connectivity index is 1.87. The molecule has 2 aromatic rings. The van der Waals surface area contributed by atoms with E-state index in [1.807, 2.05) is 49.9 Å². The zero-order valence-electron chi connectivity index (χ0n) is 21.6. The molecule has 182 valence electrons. The molecular formula is C28H38BNO4. The maximum Gasteiger partial charge on any atom is 0.490 e. The molecule has 2 unspecified atom stereocenters. The van der Waals surface area contributed by atoms with Gasteiger partial charge in [-0.05, 0) is 78.4 Å². The molecule has 0 spiro atoms. The van der Waals surface area contributed by atoms with E-state index in [4.69, 9.17) is 14.0 Å². The zero-order valence-corrected chi connectivity index (χ0v) is 21.6. The highest BCUT2D eigenvalue weighted by Gasteiger charge is 2.65. The van der Waals surface area contributed by atoms with E-state index in [0.29, 0.717) is 13.0 Å². The van der Waals surface area contributed by atoms with Crippen molar-refractivity contribution < 1.29 is 18.8 Å². The van der Waals surface area contributed by atoms with Crippen molar-refractivity contribution in [2.75, 3.05) is 6.54 Å². The summed E-state index contributed by atoms with van der Waals surface area (Å²) in [6.45, 7) is 14.5. The van der Waals surface area contributed by atoms with Crippen molar-refractivity contribution in [1.29, 1.82) is 0 Å². The number of carbonyl (C=O) groups is 1. The quantitative estimate of drug-likeness (QED) is 0.500. The number of likely N-dealkylation sites (tertiary alicyclic amines) is 1. The van der Waals surface area contributed by atoms with Crippen LogP contribution in [0.15, 0.2) is 60.7 Å². The highest BCUT2D eigenvalue weighted by Crippen LogP contribution is 2.51. The number of hydrogen-bond donors (Lipinski definition) is 0. The van der Waals surface area contributed by atoms with E-state index in [1.54, 1.807) is 0 Å². The molecule has 2 aliphatic heterocycles. The van der Waals surface area contributed by atoms with Crippen LogP contribution in [-0.4, -0.2) is 41.5 Å². The third-order valence-corrected chi connectivity index (χ3v) is 7.54. The monoisotopic (exact) mass is 463 g/mol. The van der Waals surface area contributed by atoms with Crippen molar-refractivity contribution in [3.05, 3.63) is 71.8 Å². The molecule has 2 heterocycles. The fourth-order valence-corrected chi connectivity index (χ4v) is 5.05. The van der Waals surface area contributed by atoms with Gasteiger partial charge in [0.05, 0.1) is 11.2 Å². The molecule has 2 atom stereocenters. The Morgan fingerprint density at radius 1 is 0.941 bits per heavy atom. The number of amides is 1. The Morgan fingerprint density at radius 3 is 2.00 bits per heavy atom. The van der Waals surface area contributed by atoms with Crippen molar-refractivity contribution in [1.82, 2.24) is 4.90 Å². The molecule has 0 bridgehead atoms. The summed E-state index contributed by atoms with van der Waals surface area (Å²) in [5.74, 6) is 0.249. The smallest absolute Gasteiger partial charge is 0.444 e. The maximum atomic E-state index is 13.7. The van der Waals surface area contributed by atoms with Crippen LogP contribution in [0.25, 0.3) is 0 Å². The third-order valence-electron chi connectivity index (χ3n) is 7.54. The summed E-state index contributed by atoms with van der Waals surface area (Å²) >= 11 is 0. The zero-order chi connectivity index (χ0) is 24.8. The predicted molar refractivity (Wildman–Crippen MR) is 136 cm³/mol. The number of benzene rings is 2. The van der Waals surface area contributed by atoms with Gasteiger partial charge in [-0.25, -0.2) is 4.79 Å². The summed E-state index contributed by atoms with van der Waals surface area (Å²) in [4.78, 5) is 15.6. The van der Waals surface area contributed by atoms with Crippen molar-refractivity contribution in [3.8, 4) is 0 Å². The lowest BCUT2D eigenvalue weighted by Gasteiger charge is -2.50. The molecule has 2 aromatic carbocycles. The second-order valence-corrected chi connectivity index (χ2v) is 11.6. The molecule has 4 rings (SSSR count). The Bertz CT molecular complexity index is 986. The molecule has 0 aromatic heterocycles. The summed E-state index contributed by atoms with van der Waals surface area (Å²) < 4.78 is 19.3. The first-order chi connectivity index (χ1) is 15.9. The molecule has 0 saturated carbocycles. The van der Waals surface area contributed by atoms with E-state index in [1.165, 1.54) is 5.56 Å². The number of piperidine rings is 1. The fourth-order valence-electron chi connectivity index (χ4n) is 5.05. The van der Waals surface area contributed by atoms with Crippen molar-refractivity contribution in [3.63, 3.8) is 0 Å². The second kappa shape index (κ2) is 8.73. The molecule has 2 aliphatic rings. The summed E-state index contributed by atoms with van der Waals surface area (Å²) in [5.41, 5.74) is -0.237. The van der Waals surface area contributed by atoms with Gasteiger partial charge in [-0.1, -0.05) is 60.7 Å². The number of carbonyl (C=O) groups excluding carboxylic acids is 1. The van der Waals surface area contributed by atoms with E-state index in [0.717, 1.165) is 12.0 Å². The van der Waals surface area contributed by atoms with E-state index in [-0.39, 0.29) is 12.0 Å². The van der Waals surface area contributed by atoms with Gasteiger partial charge < -0.3 is 14.0 Å². The molecule has 0 radical (unpaired) electrons. The minimum absolute atomic E-state index is 0.249. The highest BCUT2D eigenvalue weighted by atomic mass is 16.7. The van der Waals surface area contributed by atoms with Gasteiger partial charge in [-0.3, -0.25) is 4.90 Å². The molecule has 0 aliphatic carbocycles. The van der Waals surface area contributed by atoms with Crippen LogP contribution in [-0.2, 0) is 19.5 Å².